The van der Waals surface area contributed by atoms with Crippen LogP contribution in [0.2, 0.25) is 0 Å². The molecule has 0 aliphatic rings. The topological polar surface area (TPSA) is 46.5 Å². The van der Waals surface area contributed by atoms with Gasteiger partial charge >= 0.3 is 0 Å². The van der Waals surface area contributed by atoms with Crippen molar-refractivity contribution in [2.45, 2.75) is 53.0 Å². The molecule has 1 N–H and O–H groups in total. The average molecular weight is 296 g/mol. The Kier molecular flexibility index (Phi) is 4.87. The zero-order valence-electron chi connectivity index (χ0n) is 11.7. The summed E-state index contributed by atoms with van der Waals surface area (Å²) in [7, 11) is 0. The van der Waals surface area contributed by atoms with Crippen molar-refractivity contribution in [1.82, 2.24) is 19.7 Å². The quantitative estimate of drug-likeness (QED) is 0.820. The summed E-state index contributed by atoms with van der Waals surface area (Å²) in [6.07, 6.45) is 4.26. The Balaban J connectivity index is 2.49. The molecular formula is C13H20N4S2. The Morgan fingerprint density at radius 2 is 1.95 bits per heavy atom. The number of aryl methyl sites for hydroxylation is 2. The third-order valence-electron chi connectivity index (χ3n) is 2.97. The SMILES string of the molecule is CCCc1nc(CCC)c(-c2n[nH]c(=S)n2CC)s1. The summed E-state index contributed by atoms with van der Waals surface area (Å²) in [5, 5.41) is 8.49. The molecule has 0 aliphatic heterocycles. The molecule has 0 fully saturated rings. The largest absolute Gasteiger partial charge is 0.300 e. The summed E-state index contributed by atoms with van der Waals surface area (Å²) in [6.45, 7) is 7.28. The maximum Gasteiger partial charge on any atom is 0.195 e. The fourth-order valence-corrected chi connectivity index (χ4v) is 3.56. The van der Waals surface area contributed by atoms with Crippen molar-refractivity contribution in [3.8, 4) is 10.7 Å². The van der Waals surface area contributed by atoms with Crippen LogP contribution in [0.25, 0.3) is 10.7 Å². The lowest BCUT2D eigenvalue weighted by atomic mass is 10.2. The first kappa shape index (κ1) is 14.4. The summed E-state index contributed by atoms with van der Waals surface area (Å²) in [5.41, 5.74) is 1.17. The molecule has 0 aromatic carbocycles. The van der Waals surface area contributed by atoms with Gasteiger partial charge in [-0.2, -0.15) is 5.10 Å². The number of aromatic nitrogens is 4. The molecule has 2 rings (SSSR count). The maximum atomic E-state index is 5.27. The number of H-pyrrole nitrogens is 1. The van der Waals surface area contributed by atoms with E-state index in [1.54, 1.807) is 11.3 Å². The number of nitrogens with one attached hydrogen (secondary N) is 1. The van der Waals surface area contributed by atoms with E-state index in [4.69, 9.17) is 17.2 Å². The minimum Gasteiger partial charge on any atom is -0.300 e. The van der Waals surface area contributed by atoms with Gasteiger partial charge < -0.3 is 0 Å². The van der Waals surface area contributed by atoms with E-state index in [9.17, 15) is 0 Å². The third-order valence-corrected chi connectivity index (χ3v) is 4.43. The fourth-order valence-electron chi connectivity index (χ4n) is 2.09. The lowest BCUT2D eigenvalue weighted by Crippen LogP contribution is -1.98. The summed E-state index contributed by atoms with van der Waals surface area (Å²) < 4.78 is 2.72. The number of rotatable bonds is 6. The maximum absolute atomic E-state index is 5.27. The molecule has 0 bridgehead atoms. The van der Waals surface area contributed by atoms with E-state index >= 15 is 0 Å². The number of aromatic amines is 1. The van der Waals surface area contributed by atoms with Crippen molar-refractivity contribution < 1.29 is 0 Å². The highest BCUT2D eigenvalue weighted by Crippen LogP contribution is 2.30. The van der Waals surface area contributed by atoms with Gasteiger partial charge in [0.15, 0.2) is 10.6 Å². The first-order chi connectivity index (χ1) is 9.21. The second-order valence-electron chi connectivity index (χ2n) is 4.48. The van der Waals surface area contributed by atoms with Crippen LogP contribution in [0, 0.1) is 4.77 Å². The molecular weight excluding hydrogens is 276 g/mol. The number of hydrogen-bond acceptors (Lipinski definition) is 4. The fraction of sp³-hybridized carbons (Fsp3) is 0.615. The molecule has 4 nitrogen and oxygen atoms in total. The van der Waals surface area contributed by atoms with Crippen LogP contribution < -0.4 is 0 Å². The highest BCUT2D eigenvalue weighted by atomic mass is 32.1. The molecule has 0 radical (unpaired) electrons. The highest BCUT2D eigenvalue weighted by Gasteiger charge is 2.17. The normalized spacial score (nSPS) is 11.1. The van der Waals surface area contributed by atoms with Gasteiger partial charge in [0, 0.05) is 6.54 Å². The van der Waals surface area contributed by atoms with Gasteiger partial charge in [-0.25, -0.2) is 4.98 Å². The molecule has 19 heavy (non-hydrogen) atoms. The van der Waals surface area contributed by atoms with Crippen LogP contribution in [0.5, 0.6) is 0 Å². The Labute approximate surface area is 122 Å². The van der Waals surface area contributed by atoms with E-state index in [0.29, 0.717) is 4.77 Å². The van der Waals surface area contributed by atoms with Crippen LogP contribution in [-0.4, -0.2) is 19.7 Å². The summed E-state index contributed by atoms with van der Waals surface area (Å²) in [6, 6.07) is 0. The Morgan fingerprint density at radius 3 is 2.58 bits per heavy atom. The predicted molar refractivity (Wildman–Crippen MR) is 82.2 cm³/mol. The monoisotopic (exact) mass is 296 g/mol. The Bertz CT molecular complexity index is 594. The van der Waals surface area contributed by atoms with E-state index in [1.165, 1.54) is 15.6 Å². The summed E-state index contributed by atoms with van der Waals surface area (Å²) in [4.78, 5) is 5.95. The highest BCUT2D eigenvalue weighted by molar-refractivity contribution is 7.71. The van der Waals surface area contributed by atoms with Crippen molar-refractivity contribution in [1.29, 1.82) is 0 Å². The van der Waals surface area contributed by atoms with Gasteiger partial charge in [0.1, 0.15) is 0 Å². The van der Waals surface area contributed by atoms with E-state index < -0.39 is 0 Å². The molecule has 0 atom stereocenters. The van der Waals surface area contributed by atoms with Gasteiger partial charge in [-0.15, -0.1) is 11.3 Å². The lowest BCUT2D eigenvalue weighted by molar-refractivity contribution is 0.754. The molecule has 104 valence electrons. The van der Waals surface area contributed by atoms with E-state index in [1.807, 2.05) is 4.57 Å². The summed E-state index contributed by atoms with van der Waals surface area (Å²) in [5.74, 6) is 0.941. The minimum atomic E-state index is 0.686. The van der Waals surface area contributed by atoms with Gasteiger partial charge in [-0.05, 0) is 38.4 Å². The molecule has 0 spiro atoms. The van der Waals surface area contributed by atoms with E-state index in [2.05, 4.69) is 31.0 Å². The molecule has 2 heterocycles. The first-order valence-corrected chi connectivity index (χ1v) is 8.07. The number of nitrogens with zero attached hydrogens (tertiary/aromatic N) is 3. The molecule has 0 amide bonds. The molecule has 2 aromatic rings. The van der Waals surface area contributed by atoms with Crippen LogP contribution in [0.15, 0.2) is 0 Å². The molecule has 0 saturated carbocycles. The Hall–Kier alpha value is -1.01. The Morgan fingerprint density at radius 1 is 1.21 bits per heavy atom. The van der Waals surface area contributed by atoms with Crippen molar-refractivity contribution in [3.05, 3.63) is 15.5 Å². The zero-order valence-corrected chi connectivity index (χ0v) is 13.3. The standard InChI is InChI=1S/C13H20N4S2/c1-4-7-9-11(19-10(14-9)8-5-2)12-15-16-13(18)17(12)6-3/h4-8H2,1-3H3,(H,16,18). The smallest absolute Gasteiger partial charge is 0.195 e. The second-order valence-corrected chi connectivity index (χ2v) is 5.95. The van der Waals surface area contributed by atoms with Gasteiger partial charge in [0.2, 0.25) is 0 Å². The minimum absolute atomic E-state index is 0.686. The second kappa shape index (κ2) is 6.43. The molecule has 2 aromatic heterocycles. The number of hydrogen-bond donors (Lipinski definition) is 1. The van der Waals surface area contributed by atoms with Crippen molar-refractivity contribution >= 4 is 23.6 Å². The van der Waals surface area contributed by atoms with Gasteiger partial charge in [0.25, 0.3) is 0 Å². The van der Waals surface area contributed by atoms with Crippen molar-refractivity contribution in [2.75, 3.05) is 0 Å². The van der Waals surface area contributed by atoms with Crippen molar-refractivity contribution in [3.63, 3.8) is 0 Å². The zero-order chi connectivity index (χ0) is 13.8. The predicted octanol–water partition coefficient (Wildman–Crippen LogP) is 3.99. The van der Waals surface area contributed by atoms with Crippen molar-refractivity contribution in [2.24, 2.45) is 0 Å². The van der Waals surface area contributed by atoms with Gasteiger partial charge in [-0.1, -0.05) is 20.3 Å². The molecule has 0 unspecified atom stereocenters. The van der Waals surface area contributed by atoms with Crippen LogP contribution >= 0.6 is 23.6 Å². The van der Waals surface area contributed by atoms with Crippen LogP contribution in [-0.2, 0) is 19.4 Å². The lowest BCUT2D eigenvalue weighted by Gasteiger charge is -2.02. The van der Waals surface area contributed by atoms with Crippen LogP contribution in [0.3, 0.4) is 0 Å². The summed E-state index contributed by atoms with van der Waals surface area (Å²) >= 11 is 7.03. The average Bonchev–Trinajstić information content (AvgIpc) is 2.94. The van der Waals surface area contributed by atoms with Crippen LogP contribution in [0.1, 0.15) is 44.3 Å². The van der Waals surface area contributed by atoms with Gasteiger partial charge in [0.05, 0.1) is 15.6 Å². The molecule has 0 saturated heterocycles. The molecule has 6 heteroatoms. The van der Waals surface area contributed by atoms with E-state index in [-0.39, 0.29) is 0 Å². The number of thiazole rings is 1. The van der Waals surface area contributed by atoms with Crippen LogP contribution in [0.4, 0.5) is 0 Å². The van der Waals surface area contributed by atoms with Gasteiger partial charge in [-0.3, -0.25) is 9.67 Å². The van der Waals surface area contributed by atoms with E-state index in [0.717, 1.165) is 38.1 Å². The first-order valence-electron chi connectivity index (χ1n) is 6.85. The molecule has 0 aliphatic carbocycles. The third kappa shape index (κ3) is 2.95.